The van der Waals surface area contributed by atoms with Crippen LogP contribution in [0.25, 0.3) is 0 Å². The smallest absolute Gasteiger partial charge is 0.241 e. The van der Waals surface area contributed by atoms with Gasteiger partial charge in [-0.1, -0.05) is 33.6 Å². The molecule has 0 spiro atoms. The first kappa shape index (κ1) is 14.3. The Morgan fingerprint density at radius 1 is 1.25 bits per heavy atom. The summed E-state index contributed by atoms with van der Waals surface area (Å²) in [5.41, 5.74) is 5.55. The van der Waals surface area contributed by atoms with E-state index in [1.165, 1.54) is 19.3 Å². The monoisotopic (exact) mass is 280 g/mol. The number of ether oxygens (including phenoxy) is 1. The van der Waals surface area contributed by atoms with E-state index in [0.717, 1.165) is 19.4 Å². The molecule has 1 saturated heterocycles. The molecule has 1 aliphatic heterocycles. The van der Waals surface area contributed by atoms with E-state index in [1.54, 1.807) is 0 Å². The first-order chi connectivity index (χ1) is 9.39. The average molecular weight is 280 g/mol. The van der Waals surface area contributed by atoms with Crippen molar-refractivity contribution < 1.29 is 9.53 Å². The van der Waals surface area contributed by atoms with Gasteiger partial charge in [0.25, 0.3) is 0 Å². The number of hydrogen-bond acceptors (Lipinski definition) is 3. The van der Waals surface area contributed by atoms with Crippen LogP contribution in [0, 0.1) is 17.3 Å². The van der Waals surface area contributed by atoms with Gasteiger partial charge in [0.2, 0.25) is 5.91 Å². The third-order valence-electron chi connectivity index (χ3n) is 6.26. The summed E-state index contributed by atoms with van der Waals surface area (Å²) >= 11 is 0. The van der Waals surface area contributed by atoms with Gasteiger partial charge in [-0.25, -0.2) is 0 Å². The average Bonchev–Trinajstić information content (AvgIpc) is 2.88. The van der Waals surface area contributed by atoms with Crippen LogP contribution in [0.4, 0.5) is 0 Å². The SMILES string of the molecule is CC1CCCCC1NC(=O)C1(N)C2CCOC2C1(C)C. The highest BCUT2D eigenvalue weighted by atomic mass is 16.5. The molecular weight excluding hydrogens is 252 g/mol. The largest absolute Gasteiger partial charge is 0.377 e. The van der Waals surface area contributed by atoms with Gasteiger partial charge in [-0.05, 0) is 25.2 Å². The van der Waals surface area contributed by atoms with Gasteiger partial charge in [0.1, 0.15) is 5.54 Å². The second-order valence-electron chi connectivity index (χ2n) is 7.62. The van der Waals surface area contributed by atoms with Gasteiger partial charge in [-0.15, -0.1) is 0 Å². The summed E-state index contributed by atoms with van der Waals surface area (Å²) < 4.78 is 5.76. The first-order valence-corrected chi connectivity index (χ1v) is 8.10. The van der Waals surface area contributed by atoms with Crippen molar-refractivity contribution in [3.8, 4) is 0 Å². The fraction of sp³-hybridized carbons (Fsp3) is 0.938. The first-order valence-electron chi connectivity index (χ1n) is 8.10. The highest BCUT2D eigenvalue weighted by Crippen LogP contribution is 2.58. The number of nitrogens with one attached hydrogen (secondary N) is 1. The van der Waals surface area contributed by atoms with Crippen molar-refractivity contribution in [2.24, 2.45) is 23.0 Å². The van der Waals surface area contributed by atoms with Crippen molar-refractivity contribution in [3.63, 3.8) is 0 Å². The fourth-order valence-electron chi connectivity index (χ4n) is 4.66. The maximum atomic E-state index is 12.8. The molecule has 0 aromatic rings. The number of hydrogen-bond donors (Lipinski definition) is 2. The van der Waals surface area contributed by atoms with Crippen LogP contribution in [-0.2, 0) is 9.53 Å². The molecule has 2 aliphatic carbocycles. The summed E-state index contributed by atoms with van der Waals surface area (Å²) in [4.78, 5) is 12.8. The second-order valence-corrected chi connectivity index (χ2v) is 7.62. The molecule has 5 unspecified atom stereocenters. The minimum atomic E-state index is -0.759. The number of carbonyl (C=O) groups excluding carboxylic acids is 1. The lowest BCUT2D eigenvalue weighted by molar-refractivity contribution is -0.176. The summed E-state index contributed by atoms with van der Waals surface area (Å²) in [7, 11) is 0. The van der Waals surface area contributed by atoms with Gasteiger partial charge in [0.05, 0.1) is 6.10 Å². The van der Waals surface area contributed by atoms with E-state index in [1.807, 2.05) is 0 Å². The molecule has 0 aromatic carbocycles. The van der Waals surface area contributed by atoms with Crippen LogP contribution in [0.1, 0.15) is 52.9 Å². The molecule has 2 saturated carbocycles. The van der Waals surface area contributed by atoms with Gasteiger partial charge < -0.3 is 15.8 Å². The highest BCUT2D eigenvalue weighted by molar-refractivity contribution is 5.89. The molecule has 3 rings (SSSR count). The summed E-state index contributed by atoms with van der Waals surface area (Å²) in [6, 6.07) is 0.300. The Morgan fingerprint density at radius 3 is 2.65 bits per heavy atom. The Kier molecular flexibility index (Phi) is 3.37. The van der Waals surface area contributed by atoms with Crippen molar-refractivity contribution in [1.29, 1.82) is 0 Å². The van der Waals surface area contributed by atoms with Crippen LogP contribution >= 0.6 is 0 Å². The Hall–Kier alpha value is -0.610. The van der Waals surface area contributed by atoms with Crippen molar-refractivity contribution >= 4 is 5.91 Å². The van der Waals surface area contributed by atoms with Crippen LogP contribution in [0.15, 0.2) is 0 Å². The molecule has 5 atom stereocenters. The van der Waals surface area contributed by atoms with E-state index in [4.69, 9.17) is 10.5 Å². The van der Waals surface area contributed by atoms with E-state index in [0.29, 0.717) is 12.0 Å². The molecule has 114 valence electrons. The summed E-state index contributed by atoms with van der Waals surface area (Å²) in [6.45, 7) is 7.12. The van der Waals surface area contributed by atoms with Crippen LogP contribution in [0.3, 0.4) is 0 Å². The zero-order chi connectivity index (χ0) is 14.5. The molecule has 0 radical (unpaired) electrons. The molecular formula is C16H28N2O2. The third kappa shape index (κ3) is 1.77. The molecule has 0 bridgehead atoms. The normalized spacial score (nSPS) is 46.4. The number of fused-ring (bicyclic) bond motifs is 1. The Balaban J connectivity index is 1.73. The van der Waals surface area contributed by atoms with E-state index in [2.05, 4.69) is 26.1 Å². The van der Waals surface area contributed by atoms with E-state index in [-0.39, 0.29) is 23.3 Å². The zero-order valence-electron chi connectivity index (χ0n) is 12.9. The van der Waals surface area contributed by atoms with E-state index >= 15 is 0 Å². The lowest BCUT2D eigenvalue weighted by Gasteiger charge is -2.61. The molecule has 0 aromatic heterocycles. The van der Waals surface area contributed by atoms with Gasteiger partial charge in [-0.2, -0.15) is 0 Å². The molecule has 3 aliphatic rings. The number of carbonyl (C=O) groups is 1. The molecule has 4 nitrogen and oxygen atoms in total. The third-order valence-corrected chi connectivity index (χ3v) is 6.26. The zero-order valence-corrected chi connectivity index (χ0v) is 12.9. The summed E-state index contributed by atoms with van der Waals surface area (Å²) in [5.74, 6) is 0.805. The molecule has 1 heterocycles. The second kappa shape index (κ2) is 4.70. The minimum Gasteiger partial charge on any atom is -0.377 e. The van der Waals surface area contributed by atoms with Crippen molar-refractivity contribution in [1.82, 2.24) is 5.32 Å². The van der Waals surface area contributed by atoms with Gasteiger partial charge in [0, 0.05) is 24.0 Å². The van der Waals surface area contributed by atoms with Crippen molar-refractivity contribution in [2.75, 3.05) is 6.61 Å². The highest BCUT2D eigenvalue weighted by Gasteiger charge is 2.71. The topological polar surface area (TPSA) is 64.4 Å². The Labute approximate surface area is 121 Å². The molecule has 3 N–H and O–H groups in total. The number of rotatable bonds is 2. The van der Waals surface area contributed by atoms with Gasteiger partial charge in [-0.3, -0.25) is 4.79 Å². The van der Waals surface area contributed by atoms with E-state index < -0.39 is 5.54 Å². The fourth-order valence-corrected chi connectivity index (χ4v) is 4.66. The van der Waals surface area contributed by atoms with Crippen LogP contribution < -0.4 is 11.1 Å². The van der Waals surface area contributed by atoms with Crippen LogP contribution in [-0.4, -0.2) is 30.2 Å². The lowest BCUT2D eigenvalue weighted by Crippen LogP contribution is -2.80. The van der Waals surface area contributed by atoms with Gasteiger partial charge in [0.15, 0.2) is 0 Å². The lowest BCUT2D eigenvalue weighted by atomic mass is 9.48. The minimum absolute atomic E-state index is 0.0491. The maximum absolute atomic E-state index is 12.8. The maximum Gasteiger partial charge on any atom is 0.241 e. The quantitative estimate of drug-likeness (QED) is 0.811. The standard InChI is InChI=1S/C16H28N2O2/c1-10-6-4-5-7-12(10)18-14(19)16(17)11-8-9-20-13(11)15(16,2)3/h10-13H,4-9,17H2,1-3H3,(H,18,19). The number of amides is 1. The van der Waals surface area contributed by atoms with Crippen molar-refractivity contribution in [3.05, 3.63) is 0 Å². The molecule has 4 heteroatoms. The predicted octanol–water partition coefficient (Wildman–Crippen LogP) is 1.82. The molecule has 20 heavy (non-hydrogen) atoms. The molecule has 3 fully saturated rings. The number of nitrogens with two attached hydrogens (primary N) is 1. The summed E-state index contributed by atoms with van der Waals surface area (Å²) in [5, 5.41) is 3.26. The summed E-state index contributed by atoms with van der Waals surface area (Å²) in [6.07, 6.45) is 5.87. The Morgan fingerprint density at radius 2 is 1.95 bits per heavy atom. The Bertz CT molecular complexity index is 409. The van der Waals surface area contributed by atoms with Gasteiger partial charge >= 0.3 is 0 Å². The predicted molar refractivity (Wildman–Crippen MR) is 78.1 cm³/mol. The molecule has 1 amide bonds. The van der Waals surface area contributed by atoms with E-state index in [9.17, 15) is 4.79 Å². The van der Waals surface area contributed by atoms with Crippen LogP contribution in [0.2, 0.25) is 0 Å². The van der Waals surface area contributed by atoms with Crippen LogP contribution in [0.5, 0.6) is 0 Å². The van der Waals surface area contributed by atoms with Crippen molar-refractivity contribution in [2.45, 2.75) is 70.6 Å².